The number of Topliss-reactive ketones (excluding diaryl/α,β-unsaturated/α-hetero) is 1. The molecule has 3 N–H and O–H groups in total. The third-order valence-electron chi connectivity index (χ3n) is 2.42. The maximum absolute atomic E-state index is 11.9. The van der Waals surface area contributed by atoms with Crippen molar-refractivity contribution in [3.8, 4) is 0 Å². The van der Waals surface area contributed by atoms with E-state index in [4.69, 9.17) is 0 Å². The fraction of sp³-hybridized carbons (Fsp3) is 0.417. The fourth-order valence-corrected chi connectivity index (χ4v) is 1.20. The van der Waals surface area contributed by atoms with Crippen molar-refractivity contribution in [2.45, 2.75) is 26.8 Å². The van der Waals surface area contributed by atoms with Crippen molar-refractivity contribution in [3.63, 3.8) is 0 Å². The minimum Gasteiger partial charge on any atom is -1.00 e. The third-order valence-corrected chi connectivity index (χ3v) is 2.42. The van der Waals surface area contributed by atoms with E-state index >= 15 is 0 Å². The van der Waals surface area contributed by atoms with Gasteiger partial charge in [0.05, 0.1) is 0 Å². The molecule has 0 aliphatic heterocycles. The van der Waals surface area contributed by atoms with Crippen molar-refractivity contribution in [2.24, 2.45) is 5.41 Å². The van der Waals surface area contributed by atoms with E-state index in [0.717, 1.165) is 5.56 Å². The van der Waals surface area contributed by atoms with E-state index in [1.165, 1.54) is 0 Å². The predicted octanol–water partition coefficient (Wildman–Crippen LogP) is -1.47. The minimum atomic E-state index is -0.190. The van der Waals surface area contributed by atoms with E-state index < -0.39 is 0 Å². The first-order chi connectivity index (χ1) is 6.43. The van der Waals surface area contributed by atoms with Crippen molar-refractivity contribution in [1.29, 1.82) is 0 Å². The second-order valence-electron chi connectivity index (χ2n) is 4.65. The predicted molar refractivity (Wildman–Crippen MR) is 56.9 cm³/mol. The van der Waals surface area contributed by atoms with Crippen molar-refractivity contribution < 1.29 is 22.9 Å². The molecule has 0 saturated carbocycles. The number of carbonyl (C=O) groups excluding carboxylic acids is 1. The summed E-state index contributed by atoms with van der Waals surface area (Å²) in [5.41, 5.74) is 4.61. The van der Waals surface area contributed by atoms with Crippen LogP contribution < -0.4 is 18.1 Å². The molecule has 1 atom stereocenters. The van der Waals surface area contributed by atoms with E-state index in [1.54, 1.807) is 0 Å². The molecule has 3 heteroatoms. The van der Waals surface area contributed by atoms with Gasteiger partial charge in [-0.2, -0.15) is 0 Å². The average molecular weight is 228 g/mol. The van der Waals surface area contributed by atoms with Crippen LogP contribution in [0, 0.1) is 5.41 Å². The molecule has 15 heavy (non-hydrogen) atoms. The van der Waals surface area contributed by atoms with Gasteiger partial charge >= 0.3 is 0 Å². The van der Waals surface area contributed by atoms with Crippen molar-refractivity contribution in [2.75, 3.05) is 0 Å². The van der Waals surface area contributed by atoms with Crippen LogP contribution in [0.15, 0.2) is 30.3 Å². The van der Waals surface area contributed by atoms with E-state index in [2.05, 4.69) is 5.73 Å². The molecule has 1 rings (SSSR count). The molecular formula is C12H18ClNO. The molecule has 0 unspecified atom stereocenters. The van der Waals surface area contributed by atoms with Crippen LogP contribution in [0.3, 0.4) is 0 Å². The van der Waals surface area contributed by atoms with Gasteiger partial charge in [0.15, 0.2) is 6.04 Å². The number of quaternary nitrogens is 1. The van der Waals surface area contributed by atoms with Gasteiger partial charge < -0.3 is 18.1 Å². The zero-order chi connectivity index (χ0) is 10.8. The van der Waals surface area contributed by atoms with Gasteiger partial charge in [-0.1, -0.05) is 51.1 Å². The summed E-state index contributed by atoms with van der Waals surface area (Å²) in [7, 11) is 0. The molecule has 0 radical (unpaired) electrons. The summed E-state index contributed by atoms with van der Waals surface area (Å²) in [4.78, 5) is 11.9. The van der Waals surface area contributed by atoms with Crippen LogP contribution >= 0.6 is 0 Å². The SMILES string of the molecule is CC(C)(C)[C@H]([NH3+])C(=O)c1ccccc1.[Cl-]. The van der Waals surface area contributed by atoms with Gasteiger partial charge in [-0.05, 0) is 0 Å². The van der Waals surface area contributed by atoms with Gasteiger partial charge in [0.1, 0.15) is 0 Å². The monoisotopic (exact) mass is 227 g/mol. The lowest BCUT2D eigenvalue weighted by Crippen LogP contribution is -3.00. The molecule has 0 heterocycles. The highest BCUT2D eigenvalue weighted by Crippen LogP contribution is 2.19. The number of ketones is 1. The lowest BCUT2D eigenvalue weighted by molar-refractivity contribution is -0.421. The quantitative estimate of drug-likeness (QED) is 0.617. The number of rotatable bonds is 2. The number of hydrogen-bond acceptors (Lipinski definition) is 1. The Labute approximate surface area is 97.3 Å². The van der Waals surface area contributed by atoms with Gasteiger partial charge in [0, 0.05) is 11.0 Å². The summed E-state index contributed by atoms with van der Waals surface area (Å²) >= 11 is 0. The van der Waals surface area contributed by atoms with Gasteiger partial charge in [0.2, 0.25) is 5.78 Å². The zero-order valence-corrected chi connectivity index (χ0v) is 10.2. The van der Waals surface area contributed by atoms with Gasteiger partial charge in [-0.25, -0.2) is 0 Å². The first kappa shape index (κ1) is 14.1. The van der Waals surface area contributed by atoms with Crippen molar-refractivity contribution in [3.05, 3.63) is 35.9 Å². The van der Waals surface area contributed by atoms with Crippen molar-refractivity contribution >= 4 is 5.78 Å². The smallest absolute Gasteiger partial charge is 0.220 e. The summed E-state index contributed by atoms with van der Waals surface area (Å²) < 4.78 is 0. The summed E-state index contributed by atoms with van der Waals surface area (Å²) in [6.07, 6.45) is 0. The van der Waals surface area contributed by atoms with Crippen LogP contribution in [-0.4, -0.2) is 11.8 Å². The second-order valence-corrected chi connectivity index (χ2v) is 4.65. The molecule has 0 fully saturated rings. The Morgan fingerprint density at radius 1 is 1.20 bits per heavy atom. The maximum Gasteiger partial charge on any atom is 0.220 e. The largest absolute Gasteiger partial charge is 1.00 e. The Hall–Kier alpha value is -0.860. The molecule has 1 aromatic rings. The lowest BCUT2D eigenvalue weighted by atomic mass is 9.83. The minimum absolute atomic E-state index is 0. The molecule has 84 valence electrons. The van der Waals surface area contributed by atoms with E-state index in [0.29, 0.717) is 0 Å². The standard InChI is InChI=1S/C12H17NO.ClH/c1-12(2,3)11(13)10(14)9-7-5-4-6-8-9;/h4-8,11H,13H2,1-3H3;1H/t11-;/m1./s1. The van der Waals surface area contributed by atoms with Gasteiger partial charge in [-0.3, -0.25) is 4.79 Å². The lowest BCUT2D eigenvalue weighted by Gasteiger charge is -2.22. The molecule has 0 bridgehead atoms. The highest BCUT2D eigenvalue weighted by Gasteiger charge is 2.31. The number of hydrogen-bond donors (Lipinski definition) is 1. The van der Waals surface area contributed by atoms with Crippen LogP contribution in [0.2, 0.25) is 0 Å². The third kappa shape index (κ3) is 3.65. The van der Waals surface area contributed by atoms with E-state index in [-0.39, 0.29) is 29.6 Å². The molecule has 0 aromatic heterocycles. The van der Waals surface area contributed by atoms with Crippen LogP contribution in [0.1, 0.15) is 31.1 Å². The number of halogens is 1. The molecule has 0 saturated heterocycles. The molecule has 0 amide bonds. The van der Waals surface area contributed by atoms with Crippen molar-refractivity contribution in [1.82, 2.24) is 0 Å². The number of carbonyl (C=O) groups is 1. The summed E-state index contributed by atoms with van der Waals surface area (Å²) in [5, 5.41) is 0. The van der Waals surface area contributed by atoms with E-state index in [1.807, 2.05) is 51.1 Å². The maximum atomic E-state index is 11.9. The van der Waals surface area contributed by atoms with Gasteiger partial charge in [0.25, 0.3) is 0 Å². The first-order valence-electron chi connectivity index (χ1n) is 4.85. The summed E-state index contributed by atoms with van der Waals surface area (Å²) in [6.45, 7) is 6.10. The van der Waals surface area contributed by atoms with Crippen LogP contribution in [-0.2, 0) is 0 Å². The Bertz CT molecular complexity index is 316. The Morgan fingerprint density at radius 3 is 2.07 bits per heavy atom. The Balaban J connectivity index is 0.00000196. The van der Waals surface area contributed by atoms with E-state index in [9.17, 15) is 4.79 Å². The topological polar surface area (TPSA) is 44.7 Å². The summed E-state index contributed by atoms with van der Waals surface area (Å²) in [6, 6.07) is 9.15. The molecule has 1 aromatic carbocycles. The Morgan fingerprint density at radius 2 is 1.67 bits per heavy atom. The molecule has 0 aliphatic carbocycles. The normalized spacial score (nSPS) is 12.8. The van der Waals surface area contributed by atoms with Gasteiger partial charge in [-0.15, -0.1) is 0 Å². The number of benzene rings is 1. The fourth-order valence-electron chi connectivity index (χ4n) is 1.20. The molecule has 2 nitrogen and oxygen atoms in total. The van der Waals surface area contributed by atoms with Crippen LogP contribution in [0.5, 0.6) is 0 Å². The average Bonchev–Trinajstić information content (AvgIpc) is 2.15. The first-order valence-corrected chi connectivity index (χ1v) is 4.85. The van der Waals surface area contributed by atoms with Crippen LogP contribution in [0.4, 0.5) is 0 Å². The molecule has 0 aliphatic rings. The highest BCUT2D eigenvalue weighted by molar-refractivity contribution is 5.99. The Kier molecular flexibility index (Phi) is 4.98. The van der Waals surface area contributed by atoms with Crippen LogP contribution in [0.25, 0.3) is 0 Å². The summed E-state index contributed by atoms with van der Waals surface area (Å²) in [5.74, 6) is 0.123. The second kappa shape index (κ2) is 5.29. The molecular weight excluding hydrogens is 210 g/mol. The highest BCUT2D eigenvalue weighted by atomic mass is 35.5. The molecule has 0 spiro atoms. The zero-order valence-electron chi connectivity index (χ0n) is 9.46.